The Morgan fingerprint density at radius 1 is 1.25 bits per heavy atom. The molecule has 3 aliphatic heterocycles. The van der Waals surface area contributed by atoms with Gasteiger partial charge in [-0.05, 0) is 18.9 Å². The lowest BCUT2D eigenvalue weighted by molar-refractivity contribution is -0.0494. The van der Waals surface area contributed by atoms with E-state index in [1.807, 2.05) is 0 Å². The smallest absolute Gasteiger partial charge is 0.387 e. The monoisotopic (exact) mass is 454 g/mol. The van der Waals surface area contributed by atoms with Gasteiger partial charge in [0.25, 0.3) is 5.92 Å². The van der Waals surface area contributed by atoms with E-state index in [4.69, 9.17) is 10.5 Å². The number of pyridine rings is 1. The molecule has 2 aromatic heterocycles. The van der Waals surface area contributed by atoms with Crippen LogP contribution in [0.15, 0.2) is 18.3 Å². The van der Waals surface area contributed by atoms with Gasteiger partial charge in [0.15, 0.2) is 11.6 Å². The van der Waals surface area contributed by atoms with Crippen LogP contribution in [-0.4, -0.2) is 65.9 Å². The van der Waals surface area contributed by atoms with Crippen molar-refractivity contribution in [1.82, 2.24) is 15.0 Å². The Morgan fingerprint density at radius 2 is 2.09 bits per heavy atom. The summed E-state index contributed by atoms with van der Waals surface area (Å²) in [5.74, 6) is -2.57. The van der Waals surface area contributed by atoms with Crippen LogP contribution in [-0.2, 0) is 4.74 Å². The predicted octanol–water partition coefficient (Wildman–Crippen LogP) is 2.94. The summed E-state index contributed by atoms with van der Waals surface area (Å²) in [5, 5.41) is 0. The zero-order chi connectivity index (χ0) is 22.5. The number of nitrogens with zero attached hydrogens (tertiary/aromatic N) is 5. The maximum atomic E-state index is 14.1. The molecule has 3 fully saturated rings. The number of piperidine rings is 1. The predicted molar refractivity (Wildman–Crippen MR) is 108 cm³/mol. The maximum Gasteiger partial charge on any atom is 0.387 e. The van der Waals surface area contributed by atoms with E-state index in [-0.39, 0.29) is 36.1 Å². The van der Waals surface area contributed by atoms with Crippen molar-refractivity contribution >= 4 is 17.6 Å². The highest BCUT2D eigenvalue weighted by Gasteiger charge is 2.41. The van der Waals surface area contributed by atoms with Gasteiger partial charge in [-0.2, -0.15) is 13.8 Å². The summed E-state index contributed by atoms with van der Waals surface area (Å²) in [7, 11) is 0. The summed E-state index contributed by atoms with van der Waals surface area (Å²) in [6.07, 6.45) is 2.48. The fourth-order valence-corrected chi connectivity index (χ4v) is 4.46. The topological polar surface area (TPSA) is 89.6 Å². The molecule has 2 bridgehead atoms. The second kappa shape index (κ2) is 7.91. The number of hydrogen-bond donors (Lipinski definition) is 1. The molecular weight excluding hydrogens is 432 g/mol. The van der Waals surface area contributed by atoms with E-state index in [9.17, 15) is 17.6 Å². The Bertz CT molecular complexity index is 1010. The zero-order valence-electron chi connectivity index (χ0n) is 17.1. The van der Waals surface area contributed by atoms with Crippen LogP contribution < -0.4 is 20.3 Å². The van der Waals surface area contributed by atoms with Gasteiger partial charge < -0.3 is 25.0 Å². The van der Waals surface area contributed by atoms with Gasteiger partial charge in [-0.25, -0.2) is 18.7 Å². The molecule has 0 saturated carbocycles. The van der Waals surface area contributed by atoms with Gasteiger partial charge in [-0.15, -0.1) is 0 Å². The SMILES string of the molecule is Nc1ncc(-c2cc(N3CC4CC3CO4)nc(N3CCCC(F)(F)C3)n2)cc1OC(F)F. The Balaban J connectivity index is 1.55. The first-order valence-electron chi connectivity index (χ1n) is 10.4. The molecule has 2 atom stereocenters. The van der Waals surface area contributed by atoms with Gasteiger partial charge in [0.05, 0.1) is 31.0 Å². The highest BCUT2D eigenvalue weighted by molar-refractivity contribution is 5.68. The van der Waals surface area contributed by atoms with E-state index < -0.39 is 19.1 Å². The largest absolute Gasteiger partial charge is 0.431 e. The molecule has 0 spiro atoms. The third kappa shape index (κ3) is 4.10. The van der Waals surface area contributed by atoms with E-state index in [2.05, 4.69) is 24.6 Å². The van der Waals surface area contributed by atoms with Gasteiger partial charge >= 0.3 is 6.61 Å². The number of nitrogen functional groups attached to an aromatic ring is 1. The number of anilines is 3. The van der Waals surface area contributed by atoms with Crippen LogP contribution in [0.2, 0.25) is 0 Å². The number of nitrogens with two attached hydrogens (primary N) is 1. The van der Waals surface area contributed by atoms with Crippen LogP contribution in [0.1, 0.15) is 19.3 Å². The van der Waals surface area contributed by atoms with Gasteiger partial charge in [0, 0.05) is 37.3 Å². The molecule has 5 heterocycles. The van der Waals surface area contributed by atoms with Crippen molar-refractivity contribution in [2.45, 2.75) is 43.9 Å². The Hall–Kier alpha value is -2.89. The minimum Gasteiger partial charge on any atom is -0.431 e. The van der Waals surface area contributed by atoms with Gasteiger partial charge in [-0.1, -0.05) is 0 Å². The normalized spacial score (nSPS) is 24.4. The molecule has 2 aromatic rings. The van der Waals surface area contributed by atoms with E-state index in [0.717, 1.165) is 6.42 Å². The molecule has 0 amide bonds. The number of alkyl halides is 4. The molecular formula is C20H22F4N6O2. The Kier molecular flexibility index (Phi) is 5.19. The molecule has 5 rings (SSSR count). The minimum absolute atomic E-state index is 0.102. The van der Waals surface area contributed by atoms with Gasteiger partial charge in [-0.3, -0.25) is 0 Å². The molecule has 3 aliphatic rings. The first kappa shape index (κ1) is 21.0. The number of fused-ring (bicyclic) bond motifs is 2. The number of morpholine rings is 1. The standard InChI is InChI=1S/C20H22F4N6O2/c21-18(22)32-15-4-11(7-26-17(15)25)14-6-16(30-8-13-5-12(30)9-31-13)28-19(27-14)29-3-1-2-20(23,24)10-29/h4,6-7,12-13,18H,1-3,5,8-10H2,(H2,25,26). The summed E-state index contributed by atoms with van der Waals surface area (Å²) < 4.78 is 63.7. The van der Waals surface area contributed by atoms with E-state index in [0.29, 0.717) is 43.2 Å². The maximum absolute atomic E-state index is 14.1. The second-order valence-corrected chi connectivity index (χ2v) is 8.28. The summed E-state index contributed by atoms with van der Waals surface area (Å²) >= 11 is 0. The second-order valence-electron chi connectivity index (χ2n) is 8.28. The molecule has 2 N–H and O–H groups in total. The van der Waals surface area contributed by atoms with Crippen molar-refractivity contribution in [3.8, 4) is 17.0 Å². The van der Waals surface area contributed by atoms with Crippen LogP contribution in [0.25, 0.3) is 11.3 Å². The lowest BCUT2D eigenvalue weighted by atomic mass is 10.1. The molecule has 3 saturated heterocycles. The lowest BCUT2D eigenvalue weighted by Gasteiger charge is -2.34. The first-order valence-corrected chi connectivity index (χ1v) is 10.4. The molecule has 0 radical (unpaired) electrons. The molecule has 2 unspecified atom stereocenters. The third-order valence-corrected chi connectivity index (χ3v) is 5.96. The van der Waals surface area contributed by atoms with Crippen molar-refractivity contribution < 1.29 is 27.0 Å². The lowest BCUT2D eigenvalue weighted by Crippen LogP contribution is -2.44. The van der Waals surface area contributed by atoms with Gasteiger partial charge in [0.2, 0.25) is 5.95 Å². The minimum atomic E-state index is -3.07. The number of rotatable bonds is 5. The average molecular weight is 454 g/mol. The summed E-state index contributed by atoms with van der Waals surface area (Å²) in [5.41, 5.74) is 6.37. The van der Waals surface area contributed by atoms with Crippen molar-refractivity contribution in [3.63, 3.8) is 0 Å². The highest BCUT2D eigenvalue weighted by atomic mass is 19.3. The van der Waals surface area contributed by atoms with E-state index in [1.54, 1.807) is 6.07 Å². The number of halogens is 4. The number of aromatic nitrogens is 3. The number of ether oxygens (including phenoxy) is 2. The summed E-state index contributed by atoms with van der Waals surface area (Å²) in [6.45, 7) is -1.95. The molecule has 12 heteroatoms. The van der Waals surface area contributed by atoms with Crippen LogP contribution >= 0.6 is 0 Å². The fourth-order valence-electron chi connectivity index (χ4n) is 4.46. The average Bonchev–Trinajstić information content (AvgIpc) is 3.38. The van der Waals surface area contributed by atoms with Crippen LogP contribution in [0, 0.1) is 0 Å². The highest BCUT2D eigenvalue weighted by Crippen LogP contribution is 2.36. The third-order valence-electron chi connectivity index (χ3n) is 5.96. The molecule has 172 valence electrons. The van der Waals surface area contributed by atoms with Crippen molar-refractivity contribution in [1.29, 1.82) is 0 Å². The van der Waals surface area contributed by atoms with Crippen LogP contribution in [0.4, 0.5) is 35.1 Å². The fraction of sp³-hybridized carbons (Fsp3) is 0.550. The van der Waals surface area contributed by atoms with E-state index in [1.165, 1.54) is 17.2 Å². The summed E-state index contributed by atoms with van der Waals surface area (Å²) in [6, 6.07) is 3.15. The Labute approximate surface area is 181 Å². The van der Waals surface area contributed by atoms with Gasteiger partial charge in [0.1, 0.15) is 5.82 Å². The first-order chi connectivity index (χ1) is 15.3. The van der Waals surface area contributed by atoms with Crippen molar-refractivity contribution in [2.75, 3.05) is 41.8 Å². The van der Waals surface area contributed by atoms with Crippen LogP contribution in [0.5, 0.6) is 5.75 Å². The Morgan fingerprint density at radius 3 is 2.78 bits per heavy atom. The quantitative estimate of drug-likeness (QED) is 0.690. The van der Waals surface area contributed by atoms with E-state index >= 15 is 0 Å². The summed E-state index contributed by atoms with van der Waals surface area (Å²) in [4.78, 5) is 16.5. The molecule has 8 nitrogen and oxygen atoms in total. The molecule has 32 heavy (non-hydrogen) atoms. The van der Waals surface area contributed by atoms with Crippen molar-refractivity contribution in [3.05, 3.63) is 18.3 Å². The molecule has 0 aromatic carbocycles. The zero-order valence-corrected chi connectivity index (χ0v) is 17.1. The number of hydrogen-bond acceptors (Lipinski definition) is 8. The molecule has 0 aliphatic carbocycles. The van der Waals surface area contributed by atoms with Crippen LogP contribution in [0.3, 0.4) is 0 Å². The van der Waals surface area contributed by atoms with Crippen molar-refractivity contribution in [2.24, 2.45) is 0 Å².